The van der Waals surface area contributed by atoms with Crippen molar-refractivity contribution in [2.45, 2.75) is 26.4 Å². The van der Waals surface area contributed by atoms with Crippen LogP contribution in [0.15, 0.2) is 33.2 Å². The van der Waals surface area contributed by atoms with Crippen LogP contribution in [0.4, 0.5) is 0 Å². The number of benzene rings is 1. The first-order valence-corrected chi connectivity index (χ1v) is 7.30. The molecule has 1 N–H and O–H groups in total. The monoisotopic (exact) mass is 337 g/mol. The van der Waals surface area contributed by atoms with E-state index in [4.69, 9.17) is 13.9 Å². The van der Waals surface area contributed by atoms with E-state index < -0.39 is 0 Å². The zero-order chi connectivity index (χ0) is 14.1. The van der Waals surface area contributed by atoms with E-state index in [1.54, 1.807) is 0 Å². The third-order valence-corrected chi connectivity index (χ3v) is 3.88. The molecule has 0 radical (unpaired) electrons. The fraction of sp³-hybridized carbons (Fsp3) is 0.333. The Bertz CT molecular complexity index is 624. The third kappa shape index (κ3) is 2.69. The van der Waals surface area contributed by atoms with Gasteiger partial charge in [0, 0.05) is 6.54 Å². The molecular formula is C15H16BrNO3. The van der Waals surface area contributed by atoms with E-state index in [1.807, 2.05) is 31.2 Å². The summed E-state index contributed by atoms with van der Waals surface area (Å²) in [7, 11) is 0. The Kier molecular flexibility index (Phi) is 3.72. The van der Waals surface area contributed by atoms with Crippen molar-refractivity contribution in [3.63, 3.8) is 0 Å². The predicted molar refractivity (Wildman–Crippen MR) is 79.0 cm³/mol. The number of nitrogens with one attached hydrogen (secondary N) is 1. The molecular weight excluding hydrogens is 322 g/mol. The molecule has 1 aromatic carbocycles. The Morgan fingerprint density at radius 1 is 1.30 bits per heavy atom. The number of ether oxygens (including phenoxy) is 2. The van der Waals surface area contributed by atoms with Crippen molar-refractivity contribution >= 4 is 15.9 Å². The standard InChI is InChI=1S/C15H16BrNO3/c1-9-3-4-13(20-9)10(2)17-7-11-5-12(16)15-14(6-11)18-8-19-15/h3-6,10,17H,7-8H2,1-2H3. The molecule has 2 aromatic rings. The van der Waals surface area contributed by atoms with Crippen LogP contribution in [-0.2, 0) is 6.54 Å². The minimum atomic E-state index is 0.160. The van der Waals surface area contributed by atoms with Crippen LogP contribution in [0.25, 0.3) is 0 Å². The van der Waals surface area contributed by atoms with Crippen LogP contribution < -0.4 is 14.8 Å². The molecule has 0 aliphatic carbocycles. The highest BCUT2D eigenvalue weighted by Crippen LogP contribution is 2.40. The van der Waals surface area contributed by atoms with Gasteiger partial charge in [-0.05, 0) is 59.6 Å². The van der Waals surface area contributed by atoms with Crippen LogP contribution in [0, 0.1) is 6.92 Å². The van der Waals surface area contributed by atoms with Crippen LogP contribution in [0.2, 0.25) is 0 Å². The summed E-state index contributed by atoms with van der Waals surface area (Å²) in [6.45, 7) is 5.05. The fourth-order valence-corrected chi connectivity index (χ4v) is 2.78. The highest BCUT2D eigenvalue weighted by atomic mass is 79.9. The van der Waals surface area contributed by atoms with E-state index in [0.717, 1.165) is 39.6 Å². The second kappa shape index (κ2) is 5.50. The molecule has 4 nitrogen and oxygen atoms in total. The van der Waals surface area contributed by atoms with E-state index in [1.165, 1.54) is 0 Å². The zero-order valence-electron chi connectivity index (χ0n) is 11.4. The quantitative estimate of drug-likeness (QED) is 0.917. The second-order valence-corrected chi connectivity index (χ2v) is 5.72. The van der Waals surface area contributed by atoms with Gasteiger partial charge in [-0.15, -0.1) is 0 Å². The first-order valence-electron chi connectivity index (χ1n) is 6.51. The number of furan rings is 1. The topological polar surface area (TPSA) is 43.6 Å². The number of hydrogen-bond donors (Lipinski definition) is 1. The molecule has 2 heterocycles. The molecule has 0 saturated carbocycles. The summed E-state index contributed by atoms with van der Waals surface area (Å²) in [6.07, 6.45) is 0. The lowest BCUT2D eigenvalue weighted by Gasteiger charge is -2.12. The smallest absolute Gasteiger partial charge is 0.231 e. The van der Waals surface area contributed by atoms with Gasteiger partial charge in [-0.3, -0.25) is 0 Å². The summed E-state index contributed by atoms with van der Waals surface area (Å²) in [6, 6.07) is 8.18. The van der Waals surface area contributed by atoms with Crippen molar-refractivity contribution in [2.75, 3.05) is 6.79 Å². The number of rotatable bonds is 4. The van der Waals surface area contributed by atoms with Crippen molar-refractivity contribution in [3.8, 4) is 11.5 Å². The highest BCUT2D eigenvalue weighted by molar-refractivity contribution is 9.10. The largest absolute Gasteiger partial charge is 0.465 e. The molecule has 0 bridgehead atoms. The van der Waals surface area contributed by atoms with Gasteiger partial charge in [-0.1, -0.05) is 0 Å². The van der Waals surface area contributed by atoms with Gasteiger partial charge in [0.05, 0.1) is 10.5 Å². The molecule has 5 heteroatoms. The average molecular weight is 338 g/mol. The van der Waals surface area contributed by atoms with Crippen LogP contribution >= 0.6 is 15.9 Å². The molecule has 1 unspecified atom stereocenters. The van der Waals surface area contributed by atoms with Crippen molar-refractivity contribution in [3.05, 3.63) is 45.8 Å². The maximum absolute atomic E-state index is 5.61. The average Bonchev–Trinajstić information content (AvgIpc) is 3.04. The molecule has 1 atom stereocenters. The molecule has 1 aliphatic rings. The van der Waals surface area contributed by atoms with Crippen molar-refractivity contribution in [1.82, 2.24) is 5.32 Å². The van der Waals surface area contributed by atoms with Crippen molar-refractivity contribution in [2.24, 2.45) is 0 Å². The molecule has 1 aliphatic heterocycles. The van der Waals surface area contributed by atoms with Crippen molar-refractivity contribution in [1.29, 1.82) is 0 Å². The minimum absolute atomic E-state index is 0.160. The van der Waals surface area contributed by atoms with E-state index >= 15 is 0 Å². The molecule has 0 spiro atoms. The summed E-state index contributed by atoms with van der Waals surface area (Å²) >= 11 is 3.50. The highest BCUT2D eigenvalue weighted by Gasteiger charge is 2.18. The number of aryl methyl sites for hydroxylation is 1. The van der Waals surface area contributed by atoms with Crippen LogP contribution in [0.5, 0.6) is 11.5 Å². The summed E-state index contributed by atoms with van der Waals surface area (Å²) in [5, 5.41) is 3.44. The van der Waals surface area contributed by atoms with E-state index in [2.05, 4.69) is 28.2 Å². The molecule has 0 saturated heterocycles. The first kappa shape index (κ1) is 13.5. The second-order valence-electron chi connectivity index (χ2n) is 4.86. The van der Waals surface area contributed by atoms with E-state index in [0.29, 0.717) is 0 Å². The van der Waals surface area contributed by atoms with Crippen molar-refractivity contribution < 1.29 is 13.9 Å². The summed E-state index contributed by atoms with van der Waals surface area (Å²) in [5.41, 5.74) is 1.14. The van der Waals surface area contributed by atoms with E-state index in [-0.39, 0.29) is 12.8 Å². The van der Waals surface area contributed by atoms with Gasteiger partial charge in [0.2, 0.25) is 6.79 Å². The lowest BCUT2D eigenvalue weighted by molar-refractivity contribution is 0.173. The Labute approximate surface area is 126 Å². The number of halogens is 1. The third-order valence-electron chi connectivity index (χ3n) is 3.29. The van der Waals surface area contributed by atoms with Crippen LogP contribution in [0.1, 0.15) is 30.0 Å². The van der Waals surface area contributed by atoms with Gasteiger partial charge in [-0.25, -0.2) is 0 Å². The molecule has 20 heavy (non-hydrogen) atoms. The van der Waals surface area contributed by atoms with Gasteiger partial charge in [0.25, 0.3) is 0 Å². The van der Waals surface area contributed by atoms with Gasteiger partial charge in [0.15, 0.2) is 11.5 Å². The van der Waals surface area contributed by atoms with Gasteiger partial charge in [-0.2, -0.15) is 0 Å². The first-order chi connectivity index (χ1) is 9.63. The SMILES string of the molecule is Cc1ccc(C(C)NCc2cc(Br)c3c(c2)OCO3)o1. The summed E-state index contributed by atoms with van der Waals surface area (Å²) in [4.78, 5) is 0. The fourth-order valence-electron chi connectivity index (χ4n) is 2.18. The lowest BCUT2D eigenvalue weighted by Crippen LogP contribution is -2.17. The van der Waals surface area contributed by atoms with Crippen LogP contribution in [0.3, 0.4) is 0 Å². The van der Waals surface area contributed by atoms with Crippen LogP contribution in [-0.4, -0.2) is 6.79 Å². The Morgan fingerprint density at radius 2 is 2.15 bits per heavy atom. The normalized spacial score (nSPS) is 14.6. The summed E-state index contributed by atoms with van der Waals surface area (Å²) in [5.74, 6) is 3.45. The lowest BCUT2D eigenvalue weighted by atomic mass is 10.2. The van der Waals surface area contributed by atoms with Gasteiger partial charge < -0.3 is 19.2 Å². The minimum Gasteiger partial charge on any atom is -0.465 e. The Morgan fingerprint density at radius 3 is 2.90 bits per heavy atom. The van der Waals surface area contributed by atoms with E-state index in [9.17, 15) is 0 Å². The number of fused-ring (bicyclic) bond motifs is 1. The Balaban J connectivity index is 1.68. The molecule has 0 amide bonds. The maximum Gasteiger partial charge on any atom is 0.231 e. The molecule has 106 valence electrons. The maximum atomic E-state index is 5.61. The molecule has 1 aromatic heterocycles. The summed E-state index contributed by atoms with van der Waals surface area (Å²) < 4.78 is 17.3. The predicted octanol–water partition coefficient (Wildman–Crippen LogP) is 3.93. The van der Waals surface area contributed by atoms with Gasteiger partial charge in [0.1, 0.15) is 11.5 Å². The van der Waals surface area contributed by atoms with Gasteiger partial charge >= 0.3 is 0 Å². The Hall–Kier alpha value is -1.46. The molecule has 0 fully saturated rings. The molecule has 3 rings (SSSR count). The number of hydrogen-bond acceptors (Lipinski definition) is 4. The zero-order valence-corrected chi connectivity index (χ0v) is 13.0.